The van der Waals surface area contributed by atoms with Crippen molar-refractivity contribution < 1.29 is 9.21 Å². The highest BCUT2D eigenvalue weighted by Crippen LogP contribution is 2.19. The Morgan fingerprint density at radius 2 is 2.26 bits per heavy atom. The van der Waals surface area contributed by atoms with Crippen molar-refractivity contribution in [2.45, 2.75) is 6.42 Å². The summed E-state index contributed by atoms with van der Waals surface area (Å²) in [6, 6.07) is 1.71. The molecule has 0 saturated carbocycles. The largest absolute Gasteiger partial charge is 0.472 e. The van der Waals surface area contributed by atoms with E-state index in [4.69, 9.17) is 4.42 Å². The van der Waals surface area contributed by atoms with E-state index in [2.05, 4.69) is 9.88 Å². The third-order valence-corrected chi connectivity index (χ3v) is 4.07. The molecule has 0 aromatic carbocycles. The van der Waals surface area contributed by atoms with Crippen LogP contribution in [0.3, 0.4) is 0 Å². The molecule has 100 valence electrons. The number of thiazole rings is 1. The average Bonchev–Trinajstić information content (AvgIpc) is 3.08. The second kappa shape index (κ2) is 5.44. The standard InChI is InChI=1S/C13H15N3O2S/c17-12(11-2-8-18-10-11)15-4-1-5-16(7-6-15)13-14-3-9-19-13/h2-3,8-10H,1,4-7H2. The van der Waals surface area contributed by atoms with E-state index in [9.17, 15) is 4.79 Å². The second-order valence-corrected chi connectivity index (χ2v) is 5.33. The molecule has 0 atom stereocenters. The Balaban J connectivity index is 1.66. The van der Waals surface area contributed by atoms with Crippen LogP contribution in [0.15, 0.2) is 34.6 Å². The van der Waals surface area contributed by atoms with E-state index in [1.165, 1.54) is 12.5 Å². The van der Waals surface area contributed by atoms with Crippen molar-refractivity contribution in [1.82, 2.24) is 9.88 Å². The van der Waals surface area contributed by atoms with Gasteiger partial charge in [-0.1, -0.05) is 0 Å². The Morgan fingerprint density at radius 3 is 3.00 bits per heavy atom. The summed E-state index contributed by atoms with van der Waals surface area (Å²) in [6.45, 7) is 3.29. The van der Waals surface area contributed by atoms with Gasteiger partial charge in [-0.15, -0.1) is 11.3 Å². The van der Waals surface area contributed by atoms with Crippen LogP contribution in [-0.2, 0) is 0 Å². The summed E-state index contributed by atoms with van der Waals surface area (Å²) in [5, 5.41) is 3.02. The molecule has 3 heterocycles. The lowest BCUT2D eigenvalue weighted by Gasteiger charge is -2.21. The fourth-order valence-corrected chi connectivity index (χ4v) is 2.95. The van der Waals surface area contributed by atoms with Gasteiger partial charge in [0, 0.05) is 37.8 Å². The molecule has 0 bridgehead atoms. The Kier molecular flexibility index (Phi) is 3.50. The predicted octanol–water partition coefficient (Wildman–Crippen LogP) is 2.09. The molecule has 0 radical (unpaired) electrons. The number of amides is 1. The minimum absolute atomic E-state index is 0.0507. The number of carbonyl (C=O) groups is 1. The quantitative estimate of drug-likeness (QED) is 0.843. The molecule has 0 N–H and O–H groups in total. The highest BCUT2D eigenvalue weighted by atomic mass is 32.1. The van der Waals surface area contributed by atoms with Crippen molar-refractivity contribution in [2.24, 2.45) is 0 Å². The van der Waals surface area contributed by atoms with E-state index in [0.717, 1.165) is 37.7 Å². The van der Waals surface area contributed by atoms with Crippen LogP contribution in [0.1, 0.15) is 16.8 Å². The van der Waals surface area contributed by atoms with E-state index >= 15 is 0 Å². The molecule has 1 aliphatic rings. The van der Waals surface area contributed by atoms with Gasteiger partial charge in [0.2, 0.25) is 0 Å². The van der Waals surface area contributed by atoms with Gasteiger partial charge in [0.1, 0.15) is 6.26 Å². The van der Waals surface area contributed by atoms with E-state index in [1.54, 1.807) is 17.4 Å². The fourth-order valence-electron chi connectivity index (χ4n) is 2.25. The Labute approximate surface area is 115 Å². The Morgan fingerprint density at radius 1 is 1.32 bits per heavy atom. The zero-order chi connectivity index (χ0) is 13.1. The van der Waals surface area contributed by atoms with E-state index in [-0.39, 0.29) is 5.91 Å². The molecule has 2 aromatic rings. The molecule has 0 aliphatic carbocycles. The number of aromatic nitrogens is 1. The van der Waals surface area contributed by atoms with Crippen molar-refractivity contribution >= 4 is 22.4 Å². The maximum Gasteiger partial charge on any atom is 0.257 e. The van der Waals surface area contributed by atoms with E-state index in [0.29, 0.717) is 5.56 Å². The van der Waals surface area contributed by atoms with Crippen LogP contribution in [0, 0.1) is 0 Å². The molecule has 3 rings (SSSR count). The molecule has 5 nitrogen and oxygen atoms in total. The molecule has 2 aromatic heterocycles. The van der Waals surface area contributed by atoms with Gasteiger partial charge in [0.15, 0.2) is 5.13 Å². The maximum atomic E-state index is 12.2. The fraction of sp³-hybridized carbons (Fsp3) is 0.385. The van der Waals surface area contributed by atoms with Gasteiger partial charge >= 0.3 is 0 Å². The first kappa shape index (κ1) is 12.2. The summed E-state index contributed by atoms with van der Waals surface area (Å²) >= 11 is 1.64. The van der Waals surface area contributed by atoms with Crippen molar-refractivity contribution in [2.75, 3.05) is 31.1 Å². The van der Waals surface area contributed by atoms with Gasteiger partial charge in [-0.3, -0.25) is 4.79 Å². The summed E-state index contributed by atoms with van der Waals surface area (Å²) in [7, 11) is 0. The minimum Gasteiger partial charge on any atom is -0.472 e. The van der Waals surface area contributed by atoms with E-state index in [1.807, 2.05) is 16.5 Å². The molecule has 1 amide bonds. The first-order valence-electron chi connectivity index (χ1n) is 6.30. The van der Waals surface area contributed by atoms with Crippen LogP contribution in [0.2, 0.25) is 0 Å². The number of hydrogen-bond acceptors (Lipinski definition) is 5. The maximum absolute atomic E-state index is 12.2. The second-order valence-electron chi connectivity index (χ2n) is 4.46. The summed E-state index contributed by atoms with van der Waals surface area (Å²) in [4.78, 5) is 20.7. The molecule has 1 saturated heterocycles. The number of rotatable bonds is 2. The lowest BCUT2D eigenvalue weighted by Crippen LogP contribution is -2.35. The van der Waals surface area contributed by atoms with Crippen molar-refractivity contribution in [3.05, 3.63) is 35.7 Å². The zero-order valence-electron chi connectivity index (χ0n) is 10.5. The highest BCUT2D eigenvalue weighted by molar-refractivity contribution is 7.13. The van der Waals surface area contributed by atoms with Crippen molar-refractivity contribution in [3.8, 4) is 0 Å². The van der Waals surface area contributed by atoms with Crippen LogP contribution >= 0.6 is 11.3 Å². The SMILES string of the molecule is O=C(c1ccoc1)N1CCCN(c2nccs2)CC1. The van der Waals surface area contributed by atoms with Crippen LogP contribution in [0.25, 0.3) is 0 Å². The first-order valence-corrected chi connectivity index (χ1v) is 7.18. The molecular formula is C13H15N3O2S. The Hall–Kier alpha value is -1.82. The molecule has 6 heteroatoms. The van der Waals surface area contributed by atoms with Crippen LogP contribution in [-0.4, -0.2) is 42.0 Å². The lowest BCUT2D eigenvalue weighted by atomic mass is 10.3. The summed E-state index contributed by atoms with van der Waals surface area (Å²) < 4.78 is 4.97. The first-order chi connectivity index (χ1) is 9.34. The lowest BCUT2D eigenvalue weighted by molar-refractivity contribution is 0.0766. The van der Waals surface area contributed by atoms with Crippen molar-refractivity contribution in [1.29, 1.82) is 0 Å². The molecular weight excluding hydrogens is 262 g/mol. The van der Waals surface area contributed by atoms with Gasteiger partial charge < -0.3 is 14.2 Å². The smallest absolute Gasteiger partial charge is 0.257 e. The monoisotopic (exact) mass is 277 g/mol. The molecule has 0 unspecified atom stereocenters. The number of nitrogens with zero attached hydrogens (tertiary/aromatic N) is 3. The van der Waals surface area contributed by atoms with Gasteiger partial charge in [-0.2, -0.15) is 0 Å². The van der Waals surface area contributed by atoms with Crippen molar-refractivity contribution in [3.63, 3.8) is 0 Å². The van der Waals surface area contributed by atoms with Gasteiger partial charge in [-0.25, -0.2) is 4.98 Å². The normalized spacial score (nSPS) is 16.4. The zero-order valence-corrected chi connectivity index (χ0v) is 11.3. The number of furan rings is 1. The van der Waals surface area contributed by atoms with Crippen LogP contribution < -0.4 is 4.90 Å². The highest BCUT2D eigenvalue weighted by Gasteiger charge is 2.21. The number of anilines is 1. The van der Waals surface area contributed by atoms with Crippen LogP contribution in [0.4, 0.5) is 5.13 Å². The Bertz CT molecular complexity index is 524. The third-order valence-electron chi connectivity index (χ3n) is 3.24. The summed E-state index contributed by atoms with van der Waals surface area (Å²) in [5.74, 6) is 0.0507. The van der Waals surface area contributed by atoms with E-state index < -0.39 is 0 Å². The van der Waals surface area contributed by atoms with Crippen LogP contribution in [0.5, 0.6) is 0 Å². The van der Waals surface area contributed by atoms with Gasteiger partial charge in [0.05, 0.1) is 11.8 Å². The molecule has 0 spiro atoms. The molecule has 1 fully saturated rings. The average molecular weight is 277 g/mol. The summed E-state index contributed by atoms with van der Waals surface area (Å²) in [5.41, 5.74) is 0.627. The topological polar surface area (TPSA) is 49.6 Å². The van der Waals surface area contributed by atoms with Gasteiger partial charge in [-0.05, 0) is 12.5 Å². The number of hydrogen-bond donors (Lipinski definition) is 0. The third kappa shape index (κ3) is 2.63. The molecule has 19 heavy (non-hydrogen) atoms. The predicted molar refractivity (Wildman–Crippen MR) is 73.6 cm³/mol. The number of carbonyl (C=O) groups excluding carboxylic acids is 1. The summed E-state index contributed by atoms with van der Waals surface area (Å²) in [6.07, 6.45) is 5.82. The molecule has 1 aliphatic heterocycles. The van der Waals surface area contributed by atoms with Gasteiger partial charge in [0.25, 0.3) is 5.91 Å². The minimum atomic E-state index is 0.0507.